The second-order valence-electron chi connectivity index (χ2n) is 10.5. The third-order valence-electron chi connectivity index (χ3n) is 8.00. The predicted octanol–water partition coefficient (Wildman–Crippen LogP) is 5.46. The summed E-state index contributed by atoms with van der Waals surface area (Å²) < 4.78 is 30.9. The van der Waals surface area contributed by atoms with Crippen LogP contribution in [0.1, 0.15) is 43.7 Å². The van der Waals surface area contributed by atoms with Crippen LogP contribution in [-0.4, -0.2) is 54.5 Å². The van der Waals surface area contributed by atoms with E-state index >= 15 is 0 Å². The molecular weight excluding hydrogens is 539 g/mol. The quantitative estimate of drug-likeness (QED) is 0.295. The molecule has 0 amide bonds. The second kappa shape index (κ2) is 8.80. The highest BCUT2D eigenvalue weighted by atomic mass is 79.9. The van der Waals surface area contributed by atoms with E-state index < -0.39 is 0 Å². The number of halogens is 2. The number of benzene rings is 1. The van der Waals surface area contributed by atoms with Gasteiger partial charge in [-0.1, -0.05) is 30.3 Å². The maximum Gasteiger partial charge on any atom is 0.321 e. The summed E-state index contributed by atoms with van der Waals surface area (Å²) in [5, 5.41) is 5.62. The van der Waals surface area contributed by atoms with Gasteiger partial charge in [0.1, 0.15) is 29.6 Å². The topological polar surface area (TPSA) is 70.2 Å². The van der Waals surface area contributed by atoms with Gasteiger partial charge in [-0.3, -0.25) is 9.58 Å². The first-order valence-corrected chi connectivity index (χ1v) is 13.6. The lowest BCUT2D eigenvalue weighted by Gasteiger charge is -2.30. The van der Waals surface area contributed by atoms with Crippen LogP contribution in [0.3, 0.4) is 0 Å². The molecule has 0 N–H and O–H groups in total. The fourth-order valence-electron chi connectivity index (χ4n) is 6.02. The van der Waals surface area contributed by atoms with Gasteiger partial charge in [-0.2, -0.15) is 15.1 Å². The highest BCUT2D eigenvalue weighted by Gasteiger charge is 2.47. The van der Waals surface area contributed by atoms with Gasteiger partial charge in [0, 0.05) is 13.6 Å². The van der Waals surface area contributed by atoms with Crippen molar-refractivity contribution in [2.45, 2.75) is 50.3 Å². The van der Waals surface area contributed by atoms with Crippen LogP contribution in [0.25, 0.3) is 22.1 Å². The zero-order chi connectivity index (χ0) is 25.1. The first-order chi connectivity index (χ1) is 18.1. The Balaban J connectivity index is 1.30. The van der Waals surface area contributed by atoms with Crippen molar-refractivity contribution >= 4 is 38.0 Å². The van der Waals surface area contributed by atoms with Crippen LogP contribution in [0, 0.1) is 0 Å². The first-order valence-electron chi connectivity index (χ1n) is 12.8. The minimum absolute atomic E-state index is 0.199. The van der Waals surface area contributed by atoms with Gasteiger partial charge in [0.2, 0.25) is 5.88 Å². The third-order valence-corrected chi connectivity index (χ3v) is 8.53. The number of ether oxygens (including phenoxy) is 2. The molecule has 3 fully saturated rings. The number of hydrogen-bond acceptors (Lipinski definition) is 6. The summed E-state index contributed by atoms with van der Waals surface area (Å²) in [6.07, 6.45) is 5.72. The van der Waals surface area contributed by atoms with Crippen LogP contribution in [0.15, 0.2) is 46.8 Å². The Hall–Kier alpha value is -2.98. The zero-order valence-corrected chi connectivity index (χ0v) is 22.2. The van der Waals surface area contributed by atoms with Crippen molar-refractivity contribution in [1.29, 1.82) is 0 Å². The van der Waals surface area contributed by atoms with Crippen molar-refractivity contribution in [2.24, 2.45) is 7.05 Å². The van der Waals surface area contributed by atoms with Crippen molar-refractivity contribution in [3.8, 4) is 11.9 Å². The van der Waals surface area contributed by atoms with Crippen molar-refractivity contribution < 1.29 is 13.9 Å². The Kier molecular flexibility index (Phi) is 5.51. The molecule has 1 saturated carbocycles. The third kappa shape index (κ3) is 3.84. The van der Waals surface area contributed by atoms with Crippen molar-refractivity contribution in [3.63, 3.8) is 0 Å². The Morgan fingerprint density at radius 2 is 2.00 bits per heavy atom. The number of rotatable bonds is 7. The van der Waals surface area contributed by atoms with Gasteiger partial charge in [0.25, 0.3) is 0 Å². The summed E-state index contributed by atoms with van der Waals surface area (Å²) >= 11 is 3.66. The average Bonchev–Trinajstić information content (AvgIpc) is 3.33. The lowest BCUT2D eigenvalue weighted by molar-refractivity contribution is 0.107. The summed E-state index contributed by atoms with van der Waals surface area (Å²) in [6, 6.07) is 10.7. The highest BCUT2D eigenvalue weighted by Crippen LogP contribution is 2.45. The van der Waals surface area contributed by atoms with E-state index in [1.807, 2.05) is 41.9 Å². The number of nitrogens with zero attached hydrogens (tertiary/aromatic N) is 6. The highest BCUT2D eigenvalue weighted by molar-refractivity contribution is 9.10. The minimum atomic E-state index is -0.199. The maximum absolute atomic E-state index is 13.3. The van der Waals surface area contributed by atoms with Crippen molar-refractivity contribution in [1.82, 2.24) is 29.2 Å². The van der Waals surface area contributed by atoms with Gasteiger partial charge in [-0.05, 0) is 65.7 Å². The number of aryl methyl sites for hydroxylation is 1. The molecular formula is C27H28BrFN6O2. The molecule has 37 heavy (non-hydrogen) atoms. The lowest BCUT2D eigenvalue weighted by Crippen LogP contribution is -2.43. The Bertz CT molecular complexity index is 1530. The van der Waals surface area contributed by atoms with Crippen LogP contribution in [0.4, 0.5) is 4.39 Å². The van der Waals surface area contributed by atoms with Crippen LogP contribution in [0.5, 0.6) is 11.9 Å². The molecule has 0 bridgehead atoms. The average molecular weight is 567 g/mol. The van der Waals surface area contributed by atoms with E-state index in [1.54, 1.807) is 0 Å². The first kappa shape index (κ1) is 23.2. The molecule has 1 aromatic carbocycles. The summed E-state index contributed by atoms with van der Waals surface area (Å²) in [5.41, 5.74) is 4.37. The van der Waals surface area contributed by atoms with E-state index in [2.05, 4.69) is 25.5 Å². The molecule has 3 aliphatic rings. The molecule has 2 aliphatic heterocycles. The maximum atomic E-state index is 13.3. The zero-order valence-electron chi connectivity index (χ0n) is 20.7. The van der Waals surface area contributed by atoms with Gasteiger partial charge in [0.15, 0.2) is 10.3 Å². The Morgan fingerprint density at radius 3 is 2.78 bits per heavy atom. The molecule has 192 valence electrons. The van der Waals surface area contributed by atoms with Crippen molar-refractivity contribution in [2.75, 3.05) is 19.7 Å². The van der Waals surface area contributed by atoms with Gasteiger partial charge >= 0.3 is 6.01 Å². The smallest absolute Gasteiger partial charge is 0.321 e. The molecule has 3 aromatic heterocycles. The SMILES string of the molecule is Cn1c2nc(OC[C@@]34CCCN3C/C(=C\F)C4)nc(OCc3ccccc3)c2c2c1c(Br)nn2C1CC1. The fraction of sp³-hybridized carbons (Fsp3) is 0.444. The van der Waals surface area contributed by atoms with Crippen molar-refractivity contribution in [3.05, 3.63) is 52.4 Å². The Labute approximate surface area is 222 Å². The monoisotopic (exact) mass is 566 g/mol. The molecule has 4 aromatic rings. The van der Waals surface area contributed by atoms with Gasteiger partial charge in [-0.15, -0.1) is 0 Å². The molecule has 0 radical (unpaired) electrons. The van der Waals surface area contributed by atoms with Gasteiger partial charge < -0.3 is 14.0 Å². The van der Waals surface area contributed by atoms with Crippen LogP contribution >= 0.6 is 15.9 Å². The van der Waals surface area contributed by atoms with Crippen LogP contribution in [-0.2, 0) is 13.7 Å². The van der Waals surface area contributed by atoms with Gasteiger partial charge in [-0.25, -0.2) is 4.39 Å². The number of aromatic nitrogens is 5. The molecule has 5 heterocycles. The fourth-order valence-corrected chi connectivity index (χ4v) is 6.65. The molecule has 1 atom stereocenters. The largest absolute Gasteiger partial charge is 0.472 e. The lowest BCUT2D eigenvalue weighted by atomic mass is 9.94. The molecule has 7 rings (SSSR count). The number of fused-ring (bicyclic) bond motifs is 4. The molecule has 0 spiro atoms. The molecule has 10 heteroatoms. The minimum Gasteiger partial charge on any atom is -0.472 e. The van der Waals surface area contributed by atoms with E-state index in [4.69, 9.17) is 24.5 Å². The number of hydrogen-bond donors (Lipinski definition) is 0. The summed E-state index contributed by atoms with van der Waals surface area (Å²) in [6.45, 7) is 2.42. The van der Waals surface area contributed by atoms with Crippen LogP contribution in [0.2, 0.25) is 0 Å². The van der Waals surface area contributed by atoms with Crippen LogP contribution < -0.4 is 9.47 Å². The Morgan fingerprint density at radius 1 is 1.16 bits per heavy atom. The molecule has 0 unspecified atom stereocenters. The standard InChI is InChI=1S/C27H28BrFN6O2/c1-33-22-21(35(19-8-9-19)32-23(22)28)20-24(33)30-26(31-25(20)36-15-17-6-3-2-4-7-17)37-16-27-10-5-11-34(27)14-18(12-27)13-29/h2-4,6-7,13,19H,5,8-12,14-16H2,1H3/b18-13-/t27-/m0/s1. The second-order valence-corrected chi connectivity index (χ2v) is 11.2. The predicted molar refractivity (Wildman–Crippen MR) is 141 cm³/mol. The van der Waals surface area contributed by atoms with E-state index in [0.717, 1.165) is 76.4 Å². The normalized spacial score (nSPS) is 22.9. The van der Waals surface area contributed by atoms with E-state index in [1.165, 1.54) is 0 Å². The molecule has 2 saturated heterocycles. The van der Waals surface area contributed by atoms with Gasteiger partial charge in [0.05, 0.1) is 17.9 Å². The van der Waals surface area contributed by atoms with E-state index in [0.29, 0.717) is 38.1 Å². The summed E-state index contributed by atoms with van der Waals surface area (Å²) in [4.78, 5) is 12.0. The molecule has 1 aliphatic carbocycles. The van der Waals surface area contributed by atoms with E-state index in [-0.39, 0.29) is 11.5 Å². The summed E-state index contributed by atoms with van der Waals surface area (Å²) in [7, 11) is 1.98. The molecule has 8 nitrogen and oxygen atoms in total. The van der Waals surface area contributed by atoms with E-state index in [9.17, 15) is 4.39 Å². The summed E-state index contributed by atoms with van der Waals surface area (Å²) in [5.74, 6) is 0.486.